The summed E-state index contributed by atoms with van der Waals surface area (Å²) < 4.78 is 0. The van der Waals surface area contributed by atoms with Gasteiger partial charge in [0.2, 0.25) is 0 Å². The third-order valence-corrected chi connectivity index (χ3v) is 2.69. The molecule has 0 radical (unpaired) electrons. The summed E-state index contributed by atoms with van der Waals surface area (Å²) in [6.07, 6.45) is 10.2. The van der Waals surface area contributed by atoms with Crippen molar-refractivity contribution in [2.75, 3.05) is 7.05 Å². The lowest BCUT2D eigenvalue weighted by Gasteiger charge is -2.10. The molecule has 130 valence electrons. The van der Waals surface area contributed by atoms with Gasteiger partial charge in [-0.05, 0) is 32.2 Å². The van der Waals surface area contributed by atoms with Crippen LogP contribution < -0.4 is 5.73 Å². The maximum atomic E-state index is 9.56. The molecule has 0 heterocycles. The second-order valence-corrected chi connectivity index (χ2v) is 5.41. The first-order chi connectivity index (χ1) is 9.99. The van der Waals surface area contributed by atoms with Gasteiger partial charge in [0, 0.05) is 6.42 Å². The molecule has 0 aromatic rings. The first-order valence-electron chi connectivity index (χ1n) is 8.41. The second-order valence-electron chi connectivity index (χ2n) is 5.41. The topological polar surface area (TPSA) is 60.2 Å². The fourth-order valence-corrected chi connectivity index (χ4v) is 1.54. The van der Waals surface area contributed by atoms with Crippen molar-refractivity contribution in [1.29, 1.82) is 0 Å². The Hall–Kier alpha value is -0.700. The minimum atomic E-state index is 0.733. The fourth-order valence-electron chi connectivity index (χ4n) is 1.54. The zero-order valence-electron chi connectivity index (χ0n) is 15.7. The summed E-state index contributed by atoms with van der Waals surface area (Å²) in [5.41, 5.74) is 4.50. The molecule has 0 fully saturated rings. The number of rotatable bonds is 8. The van der Waals surface area contributed by atoms with Crippen LogP contribution in [-0.4, -0.2) is 19.6 Å². The van der Waals surface area contributed by atoms with Crippen LogP contribution in [0.15, 0.2) is 0 Å². The van der Waals surface area contributed by atoms with Crippen molar-refractivity contribution in [3.63, 3.8) is 0 Å². The molecular weight excluding hydrogens is 262 g/mol. The maximum Gasteiger partial charge on any atom is 0.119 e. The Morgan fingerprint density at radius 2 is 1.38 bits per heavy atom. The summed E-state index contributed by atoms with van der Waals surface area (Å²) >= 11 is 0. The van der Waals surface area contributed by atoms with Gasteiger partial charge < -0.3 is 15.3 Å². The molecule has 0 amide bonds. The zero-order valence-corrected chi connectivity index (χ0v) is 15.7. The number of unbranched alkanes of at least 4 members (excludes halogenated alkanes) is 2. The van der Waals surface area contributed by atoms with E-state index in [4.69, 9.17) is 4.79 Å². The van der Waals surface area contributed by atoms with Crippen LogP contribution in [0.25, 0.3) is 0 Å². The van der Waals surface area contributed by atoms with Gasteiger partial charge in [-0.1, -0.05) is 66.7 Å². The van der Waals surface area contributed by atoms with E-state index in [0.717, 1.165) is 43.7 Å². The average Bonchev–Trinajstić information content (AvgIpc) is 2.47. The van der Waals surface area contributed by atoms with Crippen LogP contribution >= 0.6 is 0 Å². The third-order valence-electron chi connectivity index (χ3n) is 2.69. The van der Waals surface area contributed by atoms with Gasteiger partial charge in [-0.25, -0.2) is 0 Å². The summed E-state index contributed by atoms with van der Waals surface area (Å²) in [7, 11) is 1.50. The Morgan fingerprint density at radius 3 is 1.62 bits per heavy atom. The molecule has 0 saturated heterocycles. The van der Waals surface area contributed by atoms with E-state index in [0.29, 0.717) is 0 Å². The van der Waals surface area contributed by atoms with Crippen LogP contribution in [0, 0.1) is 11.8 Å². The van der Waals surface area contributed by atoms with Gasteiger partial charge in [0.15, 0.2) is 0 Å². The Labute approximate surface area is 134 Å². The molecule has 0 rings (SSSR count). The third kappa shape index (κ3) is 54.4. The van der Waals surface area contributed by atoms with Crippen molar-refractivity contribution in [3.05, 3.63) is 0 Å². The van der Waals surface area contributed by atoms with E-state index in [1.54, 1.807) is 0 Å². The first-order valence-corrected chi connectivity index (χ1v) is 8.41. The van der Waals surface area contributed by atoms with Gasteiger partial charge >= 0.3 is 0 Å². The SMILES string of the molecule is CC=O.CCCC(C)CCC(C)C.CCCCC=O.CN. The highest BCUT2D eigenvalue weighted by molar-refractivity contribution is 5.48. The number of carbonyl (C=O) groups excluding carboxylic acids is 2. The Kier molecular flexibility index (Phi) is 42.8. The number of hydrogen-bond acceptors (Lipinski definition) is 3. The molecule has 0 bridgehead atoms. The quantitative estimate of drug-likeness (QED) is 0.506. The number of nitrogens with two attached hydrogens (primary N) is 1. The van der Waals surface area contributed by atoms with E-state index in [1.165, 1.54) is 39.7 Å². The normalized spacial score (nSPS) is 9.95. The van der Waals surface area contributed by atoms with Crippen LogP contribution in [0.1, 0.15) is 86.5 Å². The van der Waals surface area contributed by atoms with E-state index in [-0.39, 0.29) is 0 Å². The van der Waals surface area contributed by atoms with Crippen molar-refractivity contribution in [1.82, 2.24) is 0 Å². The van der Waals surface area contributed by atoms with E-state index >= 15 is 0 Å². The predicted octanol–water partition coefficient (Wildman–Crippen LogP) is 5.01. The highest BCUT2D eigenvalue weighted by Crippen LogP contribution is 2.15. The highest BCUT2D eigenvalue weighted by atomic mass is 16.1. The standard InChI is InChI=1S/C10H22.C5H10O.C2H4O.CH5N/c1-5-6-10(4)8-7-9(2)3;1-2-3-4-5-6;1-2-3;1-2/h9-10H,5-8H2,1-4H3;5H,2-4H2,1H3;2H,1H3;2H2,1H3. The lowest BCUT2D eigenvalue weighted by molar-refractivity contribution is -0.108. The van der Waals surface area contributed by atoms with Crippen LogP contribution in [-0.2, 0) is 9.59 Å². The maximum absolute atomic E-state index is 9.56. The van der Waals surface area contributed by atoms with Crippen LogP contribution in [0.4, 0.5) is 0 Å². The molecule has 0 aromatic heterocycles. The van der Waals surface area contributed by atoms with Gasteiger partial charge in [-0.15, -0.1) is 0 Å². The molecule has 1 unspecified atom stereocenters. The zero-order chi connectivity index (χ0) is 17.5. The van der Waals surface area contributed by atoms with E-state index in [9.17, 15) is 4.79 Å². The molecule has 0 aromatic carbocycles. The summed E-state index contributed by atoms with van der Waals surface area (Å²) in [5.74, 6) is 1.84. The minimum Gasteiger partial charge on any atom is -0.333 e. The lowest BCUT2D eigenvalue weighted by Crippen LogP contribution is -1.96. The first kappa shape index (κ1) is 28.5. The van der Waals surface area contributed by atoms with Crippen LogP contribution in [0.3, 0.4) is 0 Å². The number of hydrogen-bond donors (Lipinski definition) is 1. The van der Waals surface area contributed by atoms with Crippen molar-refractivity contribution < 1.29 is 9.59 Å². The van der Waals surface area contributed by atoms with E-state index < -0.39 is 0 Å². The van der Waals surface area contributed by atoms with E-state index in [1.807, 2.05) is 0 Å². The molecule has 0 aliphatic carbocycles. The van der Waals surface area contributed by atoms with Gasteiger partial charge in [0.05, 0.1) is 0 Å². The Morgan fingerprint density at radius 1 is 0.905 bits per heavy atom. The molecule has 1 atom stereocenters. The second kappa shape index (κ2) is 31.6. The molecule has 0 spiro atoms. The molecular formula is C18H41NO2. The number of carbonyl (C=O) groups is 2. The molecule has 3 nitrogen and oxygen atoms in total. The van der Waals surface area contributed by atoms with E-state index in [2.05, 4.69) is 40.4 Å². The summed E-state index contributed by atoms with van der Waals surface area (Å²) in [6.45, 7) is 12.8. The van der Waals surface area contributed by atoms with Crippen LogP contribution in [0.2, 0.25) is 0 Å². The van der Waals surface area contributed by atoms with Crippen LogP contribution in [0.5, 0.6) is 0 Å². The smallest absolute Gasteiger partial charge is 0.119 e. The predicted molar refractivity (Wildman–Crippen MR) is 95.6 cm³/mol. The molecule has 0 aliphatic heterocycles. The van der Waals surface area contributed by atoms with Crippen molar-refractivity contribution in [3.8, 4) is 0 Å². The summed E-state index contributed by atoms with van der Waals surface area (Å²) in [5, 5.41) is 0. The average molecular weight is 304 g/mol. The van der Waals surface area contributed by atoms with Crippen molar-refractivity contribution >= 4 is 12.6 Å². The molecule has 0 saturated carbocycles. The van der Waals surface area contributed by atoms with Crippen molar-refractivity contribution in [2.45, 2.75) is 86.5 Å². The minimum absolute atomic E-state index is 0.733. The lowest BCUT2D eigenvalue weighted by atomic mass is 9.96. The number of aldehydes is 2. The molecule has 21 heavy (non-hydrogen) atoms. The monoisotopic (exact) mass is 303 g/mol. The Bertz CT molecular complexity index is 171. The Balaban J connectivity index is -0.000000112. The van der Waals surface area contributed by atoms with Crippen molar-refractivity contribution in [2.24, 2.45) is 17.6 Å². The van der Waals surface area contributed by atoms with Gasteiger partial charge in [-0.3, -0.25) is 0 Å². The van der Waals surface area contributed by atoms with Gasteiger partial charge in [0.25, 0.3) is 0 Å². The molecule has 3 heteroatoms. The molecule has 0 aliphatic rings. The summed E-state index contributed by atoms with van der Waals surface area (Å²) in [6, 6.07) is 0. The van der Waals surface area contributed by atoms with Gasteiger partial charge in [0.1, 0.15) is 12.6 Å². The largest absolute Gasteiger partial charge is 0.333 e. The fraction of sp³-hybridized carbons (Fsp3) is 0.889. The molecule has 2 N–H and O–H groups in total. The summed E-state index contributed by atoms with van der Waals surface area (Å²) in [4.78, 5) is 18.4. The van der Waals surface area contributed by atoms with Gasteiger partial charge in [-0.2, -0.15) is 0 Å². The highest BCUT2D eigenvalue weighted by Gasteiger charge is 2.01.